The Morgan fingerprint density at radius 3 is 2.54 bits per heavy atom. The number of pyridine rings is 1. The van der Waals surface area contributed by atoms with Gasteiger partial charge >= 0.3 is 0 Å². The average molecular weight is 535 g/mol. The molecule has 3 fully saturated rings. The van der Waals surface area contributed by atoms with Crippen LogP contribution in [0.15, 0.2) is 23.0 Å². The molecular formula is C32H46N4O3. The van der Waals surface area contributed by atoms with E-state index >= 15 is 0 Å². The number of rotatable bonds is 9. The van der Waals surface area contributed by atoms with Gasteiger partial charge in [-0.2, -0.15) is 0 Å². The Kier molecular flexibility index (Phi) is 8.77. The number of anilines is 1. The van der Waals surface area contributed by atoms with Gasteiger partial charge < -0.3 is 24.8 Å². The van der Waals surface area contributed by atoms with Gasteiger partial charge in [-0.25, -0.2) is 0 Å². The summed E-state index contributed by atoms with van der Waals surface area (Å²) in [5, 5.41) is 3.08. The van der Waals surface area contributed by atoms with E-state index in [2.05, 4.69) is 46.1 Å². The maximum Gasteiger partial charge on any atom is 0.253 e. The van der Waals surface area contributed by atoms with Crippen LogP contribution < -0.4 is 15.8 Å². The SMILES string of the molecule is CCN(c1cc(C2CC2CN2CCCCC2)cc(C(=O)NCc2c(C)cc(C)[nH]c2=O)c1C)C1CCOCC1. The predicted octanol–water partition coefficient (Wildman–Crippen LogP) is 4.82. The van der Waals surface area contributed by atoms with E-state index in [9.17, 15) is 9.59 Å². The minimum absolute atomic E-state index is 0.105. The molecule has 0 spiro atoms. The van der Waals surface area contributed by atoms with Crippen LogP contribution in [0.5, 0.6) is 0 Å². The third-order valence-corrected chi connectivity index (χ3v) is 9.14. The zero-order chi connectivity index (χ0) is 27.5. The van der Waals surface area contributed by atoms with Crippen molar-refractivity contribution in [3.63, 3.8) is 0 Å². The molecule has 0 radical (unpaired) electrons. The van der Waals surface area contributed by atoms with E-state index < -0.39 is 0 Å². The second-order valence-electron chi connectivity index (χ2n) is 11.9. The van der Waals surface area contributed by atoms with Gasteiger partial charge in [0.25, 0.3) is 11.5 Å². The van der Waals surface area contributed by atoms with Crippen LogP contribution in [0.2, 0.25) is 0 Å². The number of nitrogens with one attached hydrogen (secondary N) is 2. The molecule has 2 aromatic rings. The van der Waals surface area contributed by atoms with E-state index in [1.165, 1.54) is 56.6 Å². The molecule has 7 nitrogen and oxygen atoms in total. The zero-order valence-electron chi connectivity index (χ0n) is 24.3. The van der Waals surface area contributed by atoms with Gasteiger partial charge in [0.1, 0.15) is 0 Å². The summed E-state index contributed by atoms with van der Waals surface area (Å²) in [5.41, 5.74) is 6.44. The largest absolute Gasteiger partial charge is 0.381 e. The standard InChI is InChI=1S/C32H46N4O3/c1-5-36(26-9-13-39-14-10-26)30-18-24(28-17-25(28)20-35-11-7-6-8-12-35)16-27(23(30)4)31(37)33-19-29-21(2)15-22(3)34-32(29)38/h15-16,18,25-26,28H,5-14,17,19-20H2,1-4H3,(H,33,37)(H,34,38). The monoisotopic (exact) mass is 534 g/mol. The molecular weight excluding hydrogens is 488 g/mol. The Morgan fingerprint density at radius 2 is 1.85 bits per heavy atom. The summed E-state index contributed by atoms with van der Waals surface area (Å²) >= 11 is 0. The normalized spacial score (nSPS) is 22.1. The molecule has 1 aromatic carbocycles. The molecule has 5 rings (SSSR count). The van der Waals surface area contributed by atoms with Crippen molar-refractivity contribution in [3.05, 3.63) is 62.1 Å². The number of aromatic nitrogens is 1. The highest BCUT2D eigenvalue weighted by Gasteiger charge is 2.40. The van der Waals surface area contributed by atoms with E-state index in [0.717, 1.165) is 55.0 Å². The second kappa shape index (κ2) is 12.3. The van der Waals surface area contributed by atoms with Crippen LogP contribution in [0.4, 0.5) is 5.69 Å². The van der Waals surface area contributed by atoms with Crippen molar-refractivity contribution in [2.75, 3.05) is 44.3 Å². The van der Waals surface area contributed by atoms with Crippen molar-refractivity contribution in [1.82, 2.24) is 15.2 Å². The number of nitrogens with zero attached hydrogens (tertiary/aromatic N) is 2. The molecule has 0 bridgehead atoms. The summed E-state index contributed by atoms with van der Waals surface area (Å²) < 4.78 is 5.66. The number of amides is 1. The van der Waals surface area contributed by atoms with Gasteiger partial charge in [0.05, 0.1) is 0 Å². The maximum absolute atomic E-state index is 13.7. The van der Waals surface area contributed by atoms with Gasteiger partial charge in [0.15, 0.2) is 0 Å². The van der Waals surface area contributed by atoms with Gasteiger partial charge in [-0.3, -0.25) is 9.59 Å². The molecule has 3 heterocycles. The summed E-state index contributed by atoms with van der Waals surface area (Å²) in [5.74, 6) is 1.07. The number of ether oxygens (including phenoxy) is 1. The first kappa shape index (κ1) is 27.9. The third kappa shape index (κ3) is 6.41. The van der Waals surface area contributed by atoms with Crippen molar-refractivity contribution < 1.29 is 9.53 Å². The highest BCUT2D eigenvalue weighted by atomic mass is 16.5. The van der Waals surface area contributed by atoms with Gasteiger partial charge in [-0.05, 0) is 120 Å². The van der Waals surface area contributed by atoms with E-state index in [1.54, 1.807) is 0 Å². The first-order valence-electron chi connectivity index (χ1n) is 15.0. The predicted molar refractivity (Wildman–Crippen MR) is 157 cm³/mol. The number of piperidine rings is 1. The summed E-state index contributed by atoms with van der Waals surface area (Å²) in [6.07, 6.45) is 7.20. The lowest BCUT2D eigenvalue weighted by molar-refractivity contribution is 0.0845. The number of aryl methyl sites for hydroxylation is 2. The lowest BCUT2D eigenvalue weighted by atomic mass is 9.96. The van der Waals surface area contributed by atoms with E-state index in [-0.39, 0.29) is 18.0 Å². The number of hydrogen-bond donors (Lipinski definition) is 2. The van der Waals surface area contributed by atoms with Gasteiger partial charge in [-0.15, -0.1) is 0 Å². The Bertz CT molecular complexity index is 1230. The van der Waals surface area contributed by atoms with Crippen LogP contribution >= 0.6 is 0 Å². The molecule has 1 amide bonds. The lowest BCUT2D eigenvalue weighted by Crippen LogP contribution is -2.40. The molecule has 2 aliphatic heterocycles. The Labute approximate surface area is 233 Å². The van der Waals surface area contributed by atoms with Crippen LogP contribution in [0.25, 0.3) is 0 Å². The minimum Gasteiger partial charge on any atom is -0.381 e. The quantitative estimate of drug-likeness (QED) is 0.482. The fourth-order valence-electron chi connectivity index (χ4n) is 6.79. The number of hydrogen-bond acceptors (Lipinski definition) is 5. The molecule has 2 saturated heterocycles. The smallest absolute Gasteiger partial charge is 0.253 e. The molecule has 1 saturated carbocycles. The first-order chi connectivity index (χ1) is 18.9. The molecule has 2 N–H and O–H groups in total. The van der Waals surface area contributed by atoms with E-state index in [0.29, 0.717) is 23.4 Å². The third-order valence-electron chi connectivity index (χ3n) is 9.14. The molecule has 39 heavy (non-hydrogen) atoms. The number of carbonyl (C=O) groups is 1. The molecule has 7 heteroatoms. The number of likely N-dealkylation sites (tertiary alicyclic amines) is 1. The summed E-state index contributed by atoms with van der Waals surface area (Å²) in [4.78, 5) is 34.2. The van der Waals surface area contributed by atoms with Crippen LogP contribution in [0, 0.1) is 26.7 Å². The summed E-state index contributed by atoms with van der Waals surface area (Å²) in [6, 6.07) is 6.89. The Balaban J connectivity index is 1.41. The van der Waals surface area contributed by atoms with Crippen molar-refractivity contribution in [2.45, 2.75) is 84.7 Å². The maximum atomic E-state index is 13.7. The number of H-pyrrole nitrogens is 1. The Hall–Kier alpha value is -2.64. The molecule has 3 aliphatic rings. The Morgan fingerprint density at radius 1 is 1.10 bits per heavy atom. The van der Waals surface area contributed by atoms with Crippen molar-refractivity contribution in [1.29, 1.82) is 0 Å². The van der Waals surface area contributed by atoms with Crippen LogP contribution in [-0.4, -0.2) is 61.2 Å². The summed E-state index contributed by atoms with van der Waals surface area (Å²) in [6.45, 7) is 14.4. The minimum atomic E-state index is -0.130. The number of carbonyl (C=O) groups excluding carboxylic acids is 1. The highest BCUT2D eigenvalue weighted by molar-refractivity contribution is 5.97. The van der Waals surface area contributed by atoms with Crippen molar-refractivity contribution in [3.8, 4) is 0 Å². The molecule has 1 aromatic heterocycles. The average Bonchev–Trinajstić information content (AvgIpc) is 3.69. The first-order valence-corrected chi connectivity index (χ1v) is 15.0. The van der Waals surface area contributed by atoms with Crippen LogP contribution in [0.3, 0.4) is 0 Å². The number of aromatic amines is 1. The fraction of sp³-hybridized carbons (Fsp3) is 0.625. The molecule has 2 unspecified atom stereocenters. The van der Waals surface area contributed by atoms with Gasteiger partial charge in [-0.1, -0.05) is 6.42 Å². The molecule has 212 valence electrons. The molecule has 1 aliphatic carbocycles. The summed E-state index contributed by atoms with van der Waals surface area (Å²) in [7, 11) is 0. The van der Waals surface area contributed by atoms with E-state index in [4.69, 9.17) is 4.74 Å². The topological polar surface area (TPSA) is 77.7 Å². The zero-order valence-corrected chi connectivity index (χ0v) is 24.3. The fourth-order valence-corrected chi connectivity index (χ4v) is 6.79. The van der Waals surface area contributed by atoms with E-state index in [1.807, 2.05) is 19.9 Å². The lowest BCUT2D eigenvalue weighted by Gasteiger charge is -2.37. The van der Waals surface area contributed by atoms with Crippen molar-refractivity contribution >= 4 is 11.6 Å². The highest BCUT2D eigenvalue weighted by Crippen LogP contribution is 2.49. The van der Waals surface area contributed by atoms with Gasteiger partial charge in [0.2, 0.25) is 0 Å². The van der Waals surface area contributed by atoms with Crippen LogP contribution in [0.1, 0.15) is 89.7 Å². The second-order valence-corrected chi connectivity index (χ2v) is 11.9. The van der Waals surface area contributed by atoms with Crippen LogP contribution in [-0.2, 0) is 11.3 Å². The van der Waals surface area contributed by atoms with Gasteiger partial charge in [0, 0.05) is 61.4 Å². The van der Waals surface area contributed by atoms with Crippen molar-refractivity contribution in [2.24, 2.45) is 5.92 Å². The molecule has 2 atom stereocenters. The number of benzene rings is 1.